The van der Waals surface area contributed by atoms with E-state index < -0.39 is 0 Å². The van der Waals surface area contributed by atoms with Gasteiger partial charge in [-0.15, -0.1) is 0 Å². The van der Waals surface area contributed by atoms with E-state index in [1.54, 1.807) is 11.1 Å². The van der Waals surface area contributed by atoms with Crippen LogP contribution < -0.4 is 4.74 Å². The van der Waals surface area contributed by atoms with Crippen LogP contribution in [0.25, 0.3) is 0 Å². The standard InChI is InChI=1S/C21H27NO2/c1-23-16-7-6-15-9-11-22-10-3-4-18-19(21(15,22)13-16)12-14-5-8-17(14)20(18)24-2/h6,12,16H,3-5,7-11,13H2,1-2H3. The van der Waals surface area contributed by atoms with Crippen LogP contribution in [0.2, 0.25) is 0 Å². The van der Waals surface area contributed by atoms with Gasteiger partial charge in [-0.2, -0.15) is 0 Å². The van der Waals surface area contributed by atoms with E-state index in [0.29, 0.717) is 6.10 Å². The van der Waals surface area contributed by atoms with Crippen LogP contribution >= 0.6 is 0 Å². The number of hydrogen-bond acceptors (Lipinski definition) is 3. The molecule has 0 bridgehead atoms. The van der Waals surface area contributed by atoms with E-state index in [-0.39, 0.29) is 5.54 Å². The maximum Gasteiger partial charge on any atom is 0.125 e. The minimum atomic E-state index is 0.0721. The Bertz CT molecular complexity index is 723. The van der Waals surface area contributed by atoms with E-state index >= 15 is 0 Å². The molecule has 24 heavy (non-hydrogen) atoms. The fraction of sp³-hybridized carbons (Fsp3) is 0.619. The third-order valence-corrected chi connectivity index (χ3v) is 6.93. The van der Waals surface area contributed by atoms with Crippen molar-refractivity contribution in [2.75, 3.05) is 27.3 Å². The highest BCUT2D eigenvalue weighted by atomic mass is 16.5. The third-order valence-electron chi connectivity index (χ3n) is 6.93. The minimum absolute atomic E-state index is 0.0721. The number of fused-ring (bicyclic) bond motifs is 2. The summed E-state index contributed by atoms with van der Waals surface area (Å²) < 4.78 is 11.8. The van der Waals surface area contributed by atoms with E-state index in [2.05, 4.69) is 17.0 Å². The summed E-state index contributed by atoms with van der Waals surface area (Å²) in [7, 11) is 3.73. The molecule has 5 rings (SSSR count). The van der Waals surface area contributed by atoms with E-state index in [1.807, 2.05) is 14.2 Å². The number of nitrogens with zero attached hydrogens (tertiary/aromatic N) is 1. The number of rotatable bonds is 2. The first kappa shape index (κ1) is 15.0. The van der Waals surface area contributed by atoms with Crippen LogP contribution in [-0.4, -0.2) is 38.3 Å². The SMILES string of the molecule is COc1c2c(cc3c1CCCN1CCC4=CCC(OC)CC431)CC2. The Morgan fingerprint density at radius 3 is 2.75 bits per heavy atom. The van der Waals surface area contributed by atoms with Gasteiger partial charge in [0.15, 0.2) is 0 Å². The van der Waals surface area contributed by atoms with Crippen LogP contribution in [0.4, 0.5) is 0 Å². The zero-order valence-electron chi connectivity index (χ0n) is 14.9. The Morgan fingerprint density at radius 2 is 2.00 bits per heavy atom. The Labute approximate surface area is 144 Å². The van der Waals surface area contributed by atoms with Crippen molar-refractivity contribution in [2.24, 2.45) is 0 Å². The van der Waals surface area contributed by atoms with Crippen LogP contribution in [0.1, 0.15) is 47.9 Å². The fourth-order valence-electron chi connectivity index (χ4n) is 5.70. The van der Waals surface area contributed by atoms with Crippen LogP contribution in [-0.2, 0) is 29.5 Å². The van der Waals surface area contributed by atoms with Crippen molar-refractivity contribution in [1.82, 2.24) is 4.90 Å². The van der Waals surface area contributed by atoms with Crippen LogP contribution in [0, 0.1) is 0 Å². The molecule has 0 amide bonds. The lowest BCUT2D eigenvalue weighted by molar-refractivity contribution is 0.0346. The van der Waals surface area contributed by atoms with Gasteiger partial charge in [-0.25, -0.2) is 0 Å². The average Bonchev–Trinajstić information content (AvgIpc) is 2.88. The number of benzene rings is 1. The summed E-state index contributed by atoms with van der Waals surface area (Å²) >= 11 is 0. The lowest BCUT2D eigenvalue weighted by Gasteiger charge is -2.45. The number of hydrogen-bond donors (Lipinski definition) is 0. The Kier molecular flexibility index (Phi) is 3.33. The molecule has 2 atom stereocenters. The summed E-state index contributed by atoms with van der Waals surface area (Å²) in [5.41, 5.74) is 7.74. The summed E-state index contributed by atoms with van der Waals surface area (Å²) in [5.74, 6) is 1.20. The highest BCUT2D eigenvalue weighted by Crippen LogP contribution is 2.54. The molecule has 3 heteroatoms. The van der Waals surface area contributed by atoms with Gasteiger partial charge in [-0.3, -0.25) is 4.90 Å². The lowest BCUT2D eigenvalue weighted by atomic mass is 9.70. The highest BCUT2D eigenvalue weighted by Gasteiger charge is 2.51. The van der Waals surface area contributed by atoms with Gasteiger partial charge in [0, 0.05) is 20.1 Å². The van der Waals surface area contributed by atoms with E-state index in [1.165, 1.54) is 61.2 Å². The lowest BCUT2D eigenvalue weighted by Crippen LogP contribution is -2.46. The van der Waals surface area contributed by atoms with Gasteiger partial charge in [0.2, 0.25) is 0 Å². The second-order valence-electron chi connectivity index (χ2n) is 7.80. The quantitative estimate of drug-likeness (QED) is 0.778. The molecule has 1 aromatic carbocycles. The number of aryl methyl sites for hydroxylation is 1. The number of ether oxygens (including phenoxy) is 2. The van der Waals surface area contributed by atoms with E-state index in [4.69, 9.17) is 9.47 Å². The van der Waals surface area contributed by atoms with Gasteiger partial charge >= 0.3 is 0 Å². The molecule has 4 aliphatic rings. The smallest absolute Gasteiger partial charge is 0.125 e. The molecule has 2 aliphatic heterocycles. The largest absolute Gasteiger partial charge is 0.496 e. The maximum absolute atomic E-state index is 5.94. The van der Waals surface area contributed by atoms with Crippen molar-refractivity contribution in [3.8, 4) is 5.75 Å². The van der Waals surface area contributed by atoms with Crippen LogP contribution in [0.15, 0.2) is 17.7 Å². The minimum Gasteiger partial charge on any atom is -0.496 e. The third kappa shape index (κ3) is 1.80. The zero-order valence-corrected chi connectivity index (χ0v) is 14.9. The average molecular weight is 325 g/mol. The summed E-state index contributed by atoms with van der Waals surface area (Å²) in [4.78, 5) is 2.75. The molecule has 2 unspecified atom stereocenters. The monoisotopic (exact) mass is 325 g/mol. The molecule has 1 fully saturated rings. The summed E-state index contributed by atoms with van der Waals surface area (Å²) in [6.07, 6.45) is 11.0. The van der Waals surface area contributed by atoms with Crippen LogP contribution in [0.3, 0.4) is 0 Å². The van der Waals surface area contributed by atoms with Gasteiger partial charge in [-0.1, -0.05) is 12.1 Å². The van der Waals surface area contributed by atoms with Gasteiger partial charge < -0.3 is 9.47 Å². The van der Waals surface area contributed by atoms with Crippen molar-refractivity contribution in [1.29, 1.82) is 0 Å². The van der Waals surface area contributed by atoms with Crippen molar-refractivity contribution in [3.63, 3.8) is 0 Å². The zero-order chi connectivity index (χ0) is 16.3. The molecule has 1 aromatic rings. The van der Waals surface area contributed by atoms with Gasteiger partial charge in [-0.05, 0) is 72.9 Å². The first-order chi connectivity index (χ1) is 11.8. The van der Waals surface area contributed by atoms with Crippen molar-refractivity contribution in [3.05, 3.63) is 40.0 Å². The molecule has 2 heterocycles. The van der Waals surface area contributed by atoms with E-state index in [9.17, 15) is 0 Å². The molecular formula is C21H27NO2. The van der Waals surface area contributed by atoms with Gasteiger partial charge in [0.25, 0.3) is 0 Å². The topological polar surface area (TPSA) is 21.7 Å². The summed E-state index contributed by atoms with van der Waals surface area (Å²) in [5, 5.41) is 0. The van der Waals surface area contributed by atoms with Gasteiger partial charge in [0.1, 0.15) is 5.75 Å². The predicted molar refractivity (Wildman–Crippen MR) is 94.7 cm³/mol. The predicted octanol–water partition coefficient (Wildman–Crippen LogP) is 3.38. The van der Waals surface area contributed by atoms with Gasteiger partial charge in [0.05, 0.1) is 18.8 Å². The van der Waals surface area contributed by atoms with Crippen molar-refractivity contribution >= 4 is 0 Å². The Balaban J connectivity index is 1.76. The normalized spacial score (nSPS) is 31.1. The molecule has 0 N–H and O–H groups in total. The fourth-order valence-corrected chi connectivity index (χ4v) is 5.70. The van der Waals surface area contributed by atoms with Crippen molar-refractivity contribution in [2.45, 2.75) is 56.6 Å². The molecular weight excluding hydrogens is 298 g/mol. The maximum atomic E-state index is 5.94. The molecule has 0 aromatic heterocycles. The number of methoxy groups -OCH3 is 2. The molecule has 1 saturated heterocycles. The second-order valence-corrected chi connectivity index (χ2v) is 7.80. The Hall–Kier alpha value is -1.32. The molecule has 2 aliphatic carbocycles. The molecule has 3 nitrogen and oxygen atoms in total. The Morgan fingerprint density at radius 1 is 1.08 bits per heavy atom. The van der Waals surface area contributed by atoms with Crippen molar-refractivity contribution < 1.29 is 9.47 Å². The molecule has 128 valence electrons. The second kappa shape index (κ2) is 5.34. The van der Waals surface area contributed by atoms with E-state index in [0.717, 1.165) is 19.3 Å². The summed E-state index contributed by atoms with van der Waals surface area (Å²) in [6, 6.07) is 2.53. The first-order valence-electron chi connectivity index (χ1n) is 9.47. The molecule has 1 spiro atoms. The first-order valence-corrected chi connectivity index (χ1v) is 9.47. The van der Waals surface area contributed by atoms with Crippen LogP contribution in [0.5, 0.6) is 5.75 Å². The summed E-state index contributed by atoms with van der Waals surface area (Å²) in [6.45, 7) is 2.39. The molecule has 0 radical (unpaired) electrons. The highest BCUT2D eigenvalue weighted by molar-refractivity contribution is 5.60. The molecule has 0 saturated carbocycles.